The third-order valence-corrected chi connectivity index (χ3v) is 3.89. The van der Waals surface area contributed by atoms with Crippen LogP contribution < -0.4 is 16.8 Å². The maximum atomic E-state index is 12.4. The van der Waals surface area contributed by atoms with Gasteiger partial charge in [0.1, 0.15) is 0 Å². The minimum atomic E-state index is -0.387. The second kappa shape index (κ2) is 10.2. The Balaban J connectivity index is 2.32. The molecule has 7 heteroatoms. The summed E-state index contributed by atoms with van der Waals surface area (Å²) < 4.78 is 0. The fraction of sp³-hybridized carbons (Fsp3) is 0.800. The van der Waals surface area contributed by atoms with E-state index in [0.29, 0.717) is 19.4 Å². The maximum Gasteiger partial charge on any atom is 0.239 e. The smallest absolute Gasteiger partial charge is 0.239 e. The molecule has 1 rings (SSSR count). The zero-order valence-electron chi connectivity index (χ0n) is 13.2. The third kappa shape index (κ3) is 7.40. The van der Waals surface area contributed by atoms with Crippen molar-refractivity contribution in [2.45, 2.75) is 57.4 Å². The molecular weight excluding hydrogens is 284 g/mol. The number of carbonyl (C=O) groups is 3. The fourth-order valence-electron chi connectivity index (χ4n) is 2.63. The third-order valence-electron chi connectivity index (χ3n) is 3.89. The Kier molecular flexibility index (Phi) is 8.50. The van der Waals surface area contributed by atoms with E-state index >= 15 is 0 Å². The number of nitrogens with two attached hydrogens (primary N) is 2. The quantitative estimate of drug-likeness (QED) is 0.461. The number of hydrogen-bond acceptors (Lipinski definition) is 4. The molecule has 0 radical (unpaired) electrons. The lowest BCUT2D eigenvalue weighted by atomic mass is 10.1. The molecule has 0 unspecified atom stereocenters. The van der Waals surface area contributed by atoms with Crippen LogP contribution >= 0.6 is 0 Å². The molecule has 7 nitrogen and oxygen atoms in total. The number of nitrogens with zero attached hydrogens (tertiary/aromatic N) is 1. The molecule has 0 spiro atoms. The maximum absolute atomic E-state index is 12.4. The molecule has 1 atom stereocenters. The molecule has 0 aromatic carbocycles. The lowest BCUT2D eigenvalue weighted by Gasteiger charge is -2.24. The molecule has 3 amide bonds. The highest BCUT2D eigenvalue weighted by atomic mass is 16.2. The van der Waals surface area contributed by atoms with Gasteiger partial charge in [-0.2, -0.15) is 0 Å². The number of hydrogen-bond donors (Lipinski definition) is 3. The van der Waals surface area contributed by atoms with E-state index in [0.717, 1.165) is 45.2 Å². The Hall–Kier alpha value is -1.63. The van der Waals surface area contributed by atoms with Gasteiger partial charge < -0.3 is 21.7 Å². The Labute approximate surface area is 131 Å². The van der Waals surface area contributed by atoms with Crippen molar-refractivity contribution in [1.29, 1.82) is 0 Å². The van der Waals surface area contributed by atoms with Crippen molar-refractivity contribution in [2.24, 2.45) is 11.5 Å². The first-order chi connectivity index (χ1) is 10.5. The Morgan fingerprint density at radius 2 is 1.59 bits per heavy atom. The van der Waals surface area contributed by atoms with Crippen molar-refractivity contribution in [2.75, 3.05) is 19.6 Å². The van der Waals surface area contributed by atoms with Crippen LogP contribution in [-0.2, 0) is 14.4 Å². The number of unbranched alkanes of at least 4 members (excludes halogenated alkanes) is 2. The van der Waals surface area contributed by atoms with Crippen LogP contribution in [-0.4, -0.2) is 48.3 Å². The number of primary amides is 2. The van der Waals surface area contributed by atoms with Crippen LogP contribution in [0.5, 0.6) is 0 Å². The van der Waals surface area contributed by atoms with Gasteiger partial charge in [0.15, 0.2) is 0 Å². The minimum Gasteiger partial charge on any atom is -0.370 e. The highest BCUT2D eigenvalue weighted by Gasteiger charge is 2.26. The Morgan fingerprint density at radius 1 is 0.955 bits per heavy atom. The normalized spacial score (nSPS) is 15.7. The number of rotatable bonds is 11. The minimum absolute atomic E-state index is 0.0656. The van der Waals surface area contributed by atoms with Crippen LogP contribution in [0.2, 0.25) is 0 Å². The SMILES string of the molecule is NC(=O)CCCCCN[C@@H](CCC(N)=O)C(=O)N1CCCC1. The van der Waals surface area contributed by atoms with Crippen molar-refractivity contribution in [3.8, 4) is 0 Å². The van der Waals surface area contributed by atoms with E-state index in [1.807, 2.05) is 4.90 Å². The van der Waals surface area contributed by atoms with Crippen LogP contribution in [0.15, 0.2) is 0 Å². The summed E-state index contributed by atoms with van der Waals surface area (Å²) >= 11 is 0. The average Bonchev–Trinajstić information content (AvgIpc) is 2.98. The zero-order chi connectivity index (χ0) is 16.4. The summed E-state index contributed by atoms with van der Waals surface area (Å²) in [5.74, 6) is -0.602. The van der Waals surface area contributed by atoms with Gasteiger partial charge in [0, 0.05) is 25.9 Å². The number of carbonyl (C=O) groups excluding carboxylic acids is 3. The largest absolute Gasteiger partial charge is 0.370 e. The highest BCUT2D eigenvalue weighted by Crippen LogP contribution is 2.11. The zero-order valence-corrected chi connectivity index (χ0v) is 13.2. The predicted molar refractivity (Wildman–Crippen MR) is 83.7 cm³/mol. The van der Waals surface area contributed by atoms with E-state index in [1.54, 1.807) is 0 Å². The molecule has 5 N–H and O–H groups in total. The predicted octanol–water partition coefficient (Wildman–Crippen LogP) is -0.122. The molecule has 1 heterocycles. The average molecular weight is 312 g/mol. The highest BCUT2D eigenvalue weighted by molar-refractivity contribution is 5.83. The Morgan fingerprint density at radius 3 is 2.18 bits per heavy atom. The molecule has 0 aromatic rings. The molecule has 0 bridgehead atoms. The van der Waals surface area contributed by atoms with Gasteiger partial charge in [-0.05, 0) is 38.6 Å². The van der Waals surface area contributed by atoms with Gasteiger partial charge in [-0.15, -0.1) is 0 Å². The first-order valence-electron chi connectivity index (χ1n) is 8.09. The van der Waals surface area contributed by atoms with Crippen molar-refractivity contribution in [3.05, 3.63) is 0 Å². The van der Waals surface area contributed by atoms with E-state index in [9.17, 15) is 14.4 Å². The number of nitrogens with one attached hydrogen (secondary N) is 1. The molecule has 1 saturated heterocycles. The van der Waals surface area contributed by atoms with Crippen molar-refractivity contribution < 1.29 is 14.4 Å². The monoisotopic (exact) mass is 312 g/mol. The van der Waals surface area contributed by atoms with E-state index in [4.69, 9.17) is 11.5 Å². The van der Waals surface area contributed by atoms with Crippen LogP contribution in [0.25, 0.3) is 0 Å². The molecule has 22 heavy (non-hydrogen) atoms. The molecule has 1 aliphatic rings. The lowest BCUT2D eigenvalue weighted by molar-refractivity contribution is -0.132. The van der Waals surface area contributed by atoms with E-state index in [1.165, 1.54) is 0 Å². The van der Waals surface area contributed by atoms with Gasteiger partial charge >= 0.3 is 0 Å². The second-order valence-corrected chi connectivity index (χ2v) is 5.82. The molecule has 0 aliphatic carbocycles. The van der Waals surface area contributed by atoms with E-state index in [-0.39, 0.29) is 30.2 Å². The topological polar surface area (TPSA) is 119 Å². The first kappa shape index (κ1) is 18.4. The van der Waals surface area contributed by atoms with E-state index in [2.05, 4.69) is 5.32 Å². The molecule has 0 saturated carbocycles. The molecular formula is C15H28N4O3. The van der Waals surface area contributed by atoms with Gasteiger partial charge in [0.2, 0.25) is 17.7 Å². The summed E-state index contributed by atoms with van der Waals surface area (Å²) in [5.41, 5.74) is 10.3. The number of likely N-dealkylation sites (tertiary alicyclic amines) is 1. The second-order valence-electron chi connectivity index (χ2n) is 5.82. The Bertz CT molecular complexity index is 381. The van der Waals surface area contributed by atoms with Crippen molar-refractivity contribution in [1.82, 2.24) is 10.2 Å². The van der Waals surface area contributed by atoms with Crippen LogP contribution in [0.1, 0.15) is 51.4 Å². The molecule has 126 valence electrons. The summed E-state index contributed by atoms with van der Waals surface area (Å²) in [5, 5.41) is 3.22. The molecule has 1 aliphatic heterocycles. The van der Waals surface area contributed by atoms with Crippen LogP contribution in [0.4, 0.5) is 0 Å². The standard InChI is InChI=1S/C15H28N4O3/c16-13(20)6-2-1-3-9-18-12(7-8-14(17)21)15(22)19-10-4-5-11-19/h12,18H,1-11H2,(H2,16,20)(H2,17,21)/t12-/m0/s1. The summed E-state index contributed by atoms with van der Waals surface area (Å²) in [6.07, 6.45) is 5.65. The fourth-order valence-corrected chi connectivity index (χ4v) is 2.63. The summed E-state index contributed by atoms with van der Waals surface area (Å²) in [6.45, 7) is 2.28. The van der Waals surface area contributed by atoms with Crippen LogP contribution in [0, 0.1) is 0 Å². The lowest BCUT2D eigenvalue weighted by Crippen LogP contribution is -2.46. The number of amides is 3. The van der Waals surface area contributed by atoms with Gasteiger partial charge in [0.25, 0.3) is 0 Å². The molecule has 1 fully saturated rings. The van der Waals surface area contributed by atoms with Gasteiger partial charge in [-0.25, -0.2) is 0 Å². The van der Waals surface area contributed by atoms with Gasteiger partial charge in [-0.3, -0.25) is 14.4 Å². The summed E-state index contributed by atoms with van der Waals surface area (Å²) in [7, 11) is 0. The van der Waals surface area contributed by atoms with Crippen molar-refractivity contribution in [3.63, 3.8) is 0 Å². The van der Waals surface area contributed by atoms with Crippen LogP contribution in [0.3, 0.4) is 0 Å². The summed E-state index contributed by atoms with van der Waals surface area (Å²) in [4.78, 5) is 35.9. The van der Waals surface area contributed by atoms with Gasteiger partial charge in [0.05, 0.1) is 6.04 Å². The summed E-state index contributed by atoms with van der Waals surface area (Å²) in [6, 6.07) is -0.346. The van der Waals surface area contributed by atoms with Gasteiger partial charge in [-0.1, -0.05) is 6.42 Å². The molecule has 0 aromatic heterocycles. The first-order valence-corrected chi connectivity index (χ1v) is 8.09. The van der Waals surface area contributed by atoms with E-state index < -0.39 is 0 Å². The van der Waals surface area contributed by atoms with Crippen molar-refractivity contribution >= 4 is 17.7 Å².